The molecule has 0 spiro atoms. The first-order chi connectivity index (χ1) is 6.27. The van der Waals surface area contributed by atoms with Gasteiger partial charge in [-0.15, -0.1) is 0 Å². The molecule has 1 atom stereocenters. The maximum absolute atomic E-state index is 11.9. The second kappa shape index (κ2) is 3.76. The molecule has 74 valence electrons. The lowest BCUT2D eigenvalue weighted by atomic mass is 9.84. The molecule has 2 fully saturated rings. The van der Waals surface area contributed by atoms with Gasteiger partial charge in [0.2, 0.25) is 0 Å². The fourth-order valence-electron chi connectivity index (χ4n) is 2.22. The molecule has 0 aromatic carbocycles. The van der Waals surface area contributed by atoms with E-state index in [1.165, 1.54) is 6.42 Å². The van der Waals surface area contributed by atoms with E-state index in [0.29, 0.717) is 17.6 Å². The van der Waals surface area contributed by atoms with Gasteiger partial charge in [-0.3, -0.25) is 4.79 Å². The number of rotatable bonds is 2. The topological polar surface area (TPSA) is 32.3 Å². The Labute approximate surface area is 79.5 Å². The Bertz CT molecular complexity index is 201. The number of hydrogen-bond acceptors (Lipinski definition) is 3. The van der Waals surface area contributed by atoms with Crippen LogP contribution in [0.5, 0.6) is 0 Å². The van der Waals surface area contributed by atoms with Crippen LogP contribution in [0.3, 0.4) is 0 Å². The van der Waals surface area contributed by atoms with Crippen LogP contribution in [-0.2, 0) is 4.79 Å². The Kier molecular flexibility index (Phi) is 2.65. The largest absolute Gasteiger partial charge is 0.315 e. The first-order valence-electron chi connectivity index (χ1n) is 5.20. The van der Waals surface area contributed by atoms with Gasteiger partial charge in [-0.25, -0.2) is 0 Å². The molecule has 1 N–H and O–H groups in total. The van der Waals surface area contributed by atoms with Crippen molar-refractivity contribution in [3.8, 4) is 0 Å². The zero-order valence-electron chi connectivity index (χ0n) is 8.25. The quantitative estimate of drug-likeness (QED) is 0.658. The normalized spacial score (nSPS) is 31.3. The van der Waals surface area contributed by atoms with Gasteiger partial charge in [-0.2, -0.15) is 0 Å². The monoisotopic (exact) mass is 182 g/mol. The molecule has 1 unspecified atom stereocenters. The molecular formula is C10H18N2O. The van der Waals surface area contributed by atoms with Crippen LogP contribution in [-0.4, -0.2) is 43.9 Å². The van der Waals surface area contributed by atoms with Crippen LogP contribution in [0.25, 0.3) is 0 Å². The summed E-state index contributed by atoms with van der Waals surface area (Å²) in [6.07, 6.45) is 2.30. The summed E-state index contributed by atoms with van der Waals surface area (Å²) < 4.78 is 0. The summed E-state index contributed by atoms with van der Waals surface area (Å²) in [5.74, 6) is 1.16. The summed E-state index contributed by atoms with van der Waals surface area (Å²) in [5, 5.41) is 3.16. The van der Waals surface area contributed by atoms with E-state index in [0.717, 1.165) is 32.6 Å². The van der Waals surface area contributed by atoms with Gasteiger partial charge in [-0.1, -0.05) is 0 Å². The molecule has 13 heavy (non-hydrogen) atoms. The number of hydrogen-bond donors (Lipinski definition) is 1. The number of ketones is 1. The standard InChI is InChI=1S/C10H18N2O/c1-12-4-2-3-8(7-12)10(13)9-5-11-6-9/h8-9,11H,2-7H2,1H3. The van der Waals surface area contributed by atoms with Crippen LogP contribution in [0.4, 0.5) is 0 Å². The Morgan fingerprint density at radius 3 is 2.69 bits per heavy atom. The Balaban J connectivity index is 1.87. The average Bonchev–Trinajstić information content (AvgIpc) is 2.01. The van der Waals surface area contributed by atoms with E-state index in [4.69, 9.17) is 0 Å². The molecular weight excluding hydrogens is 164 g/mol. The van der Waals surface area contributed by atoms with Crippen molar-refractivity contribution in [3.05, 3.63) is 0 Å². The third kappa shape index (κ3) is 1.92. The van der Waals surface area contributed by atoms with E-state index in [2.05, 4.69) is 17.3 Å². The minimum absolute atomic E-state index is 0.325. The number of likely N-dealkylation sites (tertiary alicyclic amines) is 1. The van der Waals surface area contributed by atoms with Gasteiger partial charge in [0.05, 0.1) is 0 Å². The number of nitrogens with one attached hydrogen (secondary N) is 1. The zero-order chi connectivity index (χ0) is 9.26. The molecule has 2 aliphatic rings. The molecule has 0 aromatic heterocycles. The lowest BCUT2D eigenvalue weighted by Gasteiger charge is -2.34. The molecule has 2 saturated heterocycles. The maximum Gasteiger partial charge on any atom is 0.142 e. The summed E-state index contributed by atoms with van der Waals surface area (Å²) in [6, 6.07) is 0. The van der Waals surface area contributed by atoms with Crippen LogP contribution >= 0.6 is 0 Å². The SMILES string of the molecule is CN1CCCC(C(=O)C2CNC2)C1. The van der Waals surface area contributed by atoms with E-state index >= 15 is 0 Å². The Hall–Kier alpha value is -0.410. The molecule has 0 radical (unpaired) electrons. The van der Waals surface area contributed by atoms with Crippen molar-refractivity contribution in [3.63, 3.8) is 0 Å². The highest BCUT2D eigenvalue weighted by molar-refractivity contribution is 5.85. The van der Waals surface area contributed by atoms with E-state index in [9.17, 15) is 4.79 Å². The first-order valence-corrected chi connectivity index (χ1v) is 5.20. The van der Waals surface area contributed by atoms with Gasteiger partial charge in [-0.05, 0) is 26.4 Å². The van der Waals surface area contributed by atoms with E-state index < -0.39 is 0 Å². The van der Waals surface area contributed by atoms with Crippen LogP contribution in [0, 0.1) is 11.8 Å². The number of Topliss-reactive ketones (excluding diaryl/α,β-unsaturated/α-hetero) is 1. The summed E-state index contributed by atoms with van der Waals surface area (Å²) in [5.41, 5.74) is 0. The third-order valence-electron chi connectivity index (χ3n) is 3.21. The van der Waals surface area contributed by atoms with E-state index in [1.54, 1.807) is 0 Å². The van der Waals surface area contributed by atoms with Crippen LogP contribution in [0.15, 0.2) is 0 Å². The van der Waals surface area contributed by atoms with E-state index in [1.807, 2.05) is 0 Å². The summed E-state index contributed by atoms with van der Waals surface area (Å²) in [7, 11) is 2.11. The van der Waals surface area contributed by atoms with Crippen LogP contribution in [0.2, 0.25) is 0 Å². The van der Waals surface area contributed by atoms with Gasteiger partial charge in [0.1, 0.15) is 5.78 Å². The molecule has 0 amide bonds. The zero-order valence-corrected chi connectivity index (χ0v) is 8.25. The lowest BCUT2D eigenvalue weighted by Crippen LogP contribution is -2.50. The third-order valence-corrected chi connectivity index (χ3v) is 3.21. The molecule has 0 saturated carbocycles. The molecule has 2 aliphatic heterocycles. The number of nitrogens with zero attached hydrogens (tertiary/aromatic N) is 1. The van der Waals surface area contributed by atoms with Crippen molar-refractivity contribution in [2.24, 2.45) is 11.8 Å². The summed E-state index contributed by atoms with van der Waals surface area (Å²) in [6.45, 7) is 3.97. The minimum Gasteiger partial charge on any atom is -0.315 e. The predicted octanol–water partition coefficient (Wildman–Crippen LogP) is 0.117. The van der Waals surface area contributed by atoms with Crippen molar-refractivity contribution in [2.45, 2.75) is 12.8 Å². The van der Waals surface area contributed by atoms with Crippen molar-refractivity contribution in [1.29, 1.82) is 0 Å². The molecule has 2 rings (SSSR count). The number of carbonyl (C=O) groups excluding carboxylic acids is 1. The number of piperidine rings is 1. The highest BCUT2D eigenvalue weighted by atomic mass is 16.1. The smallest absolute Gasteiger partial charge is 0.142 e. The van der Waals surface area contributed by atoms with E-state index in [-0.39, 0.29) is 0 Å². The van der Waals surface area contributed by atoms with Gasteiger partial charge >= 0.3 is 0 Å². The fraction of sp³-hybridized carbons (Fsp3) is 0.900. The second-order valence-corrected chi connectivity index (χ2v) is 4.36. The molecule has 0 bridgehead atoms. The van der Waals surface area contributed by atoms with Gasteiger partial charge < -0.3 is 10.2 Å². The van der Waals surface area contributed by atoms with Crippen LogP contribution < -0.4 is 5.32 Å². The fourth-order valence-corrected chi connectivity index (χ4v) is 2.22. The highest BCUT2D eigenvalue weighted by Gasteiger charge is 2.32. The van der Waals surface area contributed by atoms with Crippen molar-refractivity contribution < 1.29 is 4.79 Å². The predicted molar refractivity (Wildman–Crippen MR) is 51.6 cm³/mol. The van der Waals surface area contributed by atoms with Gasteiger partial charge in [0.25, 0.3) is 0 Å². The molecule has 0 aromatic rings. The minimum atomic E-state index is 0.325. The summed E-state index contributed by atoms with van der Waals surface area (Å²) >= 11 is 0. The Morgan fingerprint density at radius 2 is 2.15 bits per heavy atom. The Morgan fingerprint density at radius 1 is 1.38 bits per heavy atom. The lowest BCUT2D eigenvalue weighted by molar-refractivity contribution is -0.129. The maximum atomic E-state index is 11.9. The van der Waals surface area contributed by atoms with Crippen molar-refractivity contribution in [2.75, 3.05) is 33.2 Å². The molecule has 3 heteroatoms. The van der Waals surface area contributed by atoms with Crippen LogP contribution in [0.1, 0.15) is 12.8 Å². The summed E-state index contributed by atoms with van der Waals surface area (Å²) in [4.78, 5) is 14.1. The number of carbonyl (C=O) groups is 1. The molecule has 0 aliphatic carbocycles. The first kappa shape index (κ1) is 9.16. The second-order valence-electron chi connectivity index (χ2n) is 4.36. The van der Waals surface area contributed by atoms with Gasteiger partial charge in [0.15, 0.2) is 0 Å². The van der Waals surface area contributed by atoms with Gasteiger partial charge in [0, 0.05) is 31.5 Å². The molecule has 2 heterocycles. The highest BCUT2D eigenvalue weighted by Crippen LogP contribution is 2.21. The molecule has 3 nitrogen and oxygen atoms in total. The van der Waals surface area contributed by atoms with Crippen molar-refractivity contribution in [1.82, 2.24) is 10.2 Å². The van der Waals surface area contributed by atoms with Crippen molar-refractivity contribution >= 4 is 5.78 Å². The average molecular weight is 182 g/mol.